The summed E-state index contributed by atoms with van der Waals surface area (Å²) in [6.07, 6.45) is 8.18. The summed E-state index contributed by atoms with van der Waals surface area (Å²) in [7, 11) is 1.43. The number of carbonyl (C=O) groups is 1. The number of nitrogens with one attached hydrogen (secondary N) is 1. The molecule has 0 spiro atoms. The second-order valence-electron chi connectivity index (χ2n) is 4.59. The average molecular weight is 236 g/mol. The van der Waals surface area contributed by atoms with Crippen molar-refractivity contribution >= 4 is 5.97 Å². The van der Waals surface area contributed by atoms with Crippen LogP contribution in [0.4, 0.5) is 0 Å². The summed E-state index contributed by atoms with van der Waals surface area (Å²) in [5.41, 5.74) is 1.31. The van der Waals surface area contributed by atoms with E-state index in [1.165, 1.54) is 25.5 Å². The molecule has 0 atom stereocenters. The van der Waals surface area contributed by atoms with Gasteiger partial charge in [0.05, 0.1) is 7.11 Å². The Balaban J connectivity index is 1.67. The zero-order valence-electron chi connectivity index (χ0n) is 10.3. The number of nitrogens with zero attached hydrogens (tertiary/aromatic N) is 1. The van der Waals surface area contributed by atoms with Crippen LogP contribution in [0.5, 0.6) is 0 Å². The molecule has 1 heterocycles. The van der Waals surface area contributed by atoms with Gasteiger partial charge in [0.15, 0.2) is 0 Å². The molecule has 4 nitrogen and oxygen atoms in total. The van der Waals surface area contributed by atoms with E-state index < -0.39 is 0 Å². The van der Waals surface area contributed by atoms with Gasteiger partial charge in [-0.1, -0.05) is 0 Å². The van der Waals surface area contributed by atoms with Gasteiger partial charge in [-0.15, -0.1) is 0 Å². The zero-order chi connectivity index (χ0) is 12.1. The van der Waals surface area contributed by atoms with E-state index >= 15 is 0 Å². The monoisotopic (exact) mass is 236 g/mol. The normalized spacial score (nSPS) is 14.9. The van der Waals surface area contributed by atoms with E-state index in [4.69, 9.17) is 0 Å². The summed E-state index contributed by atoms with van der Waals surface area (Å²) in [4.78, 5) is 11.0. The molecule has 1 aliphatic carbocycles. The Morgan fingerprint density at radius 3 is 3.12 bits per heavy atom. The molecular weight excluding hydrogens is 216 g/mol. The highest BCUT2D eigenvalue weighted by molar-refractivity contribution is 5.68. The number of rotatable bonds is 7. The fourth-order valence-electron chi connectivity index (χ4n) is 1.79. The van der Waals surface area contributed by atoms with Crippen LogP contribution >= 0.6 is 0 Å². The van der Waals surface area contributed by atoms with Crippen molar-refractivity contribution in [2.45, 2.75) is 44.8 Å². The van der Waals surface area contributed by atoms with Crippen LogP contribution in [0.25, 0.3) is 0 Å². The predicted octanol–water partition coefficient (Wildman–Crippen LogP) is 1.69. The Kier molecular flexibility index (Phi) is 4.20. The number of hydrogen-bond acceptors (Lipinski definition) is 3. The number of ether oxygens (including phenoxy) is 1. The average Bonchev–Trinajstić information content (AvgIpc) is 3.06. The third-order valence-corrected chi connectivity index (χ3v) is 3.01. The summed E-state index contributed by atoms with van der Waals surface area (Å²) in [6.45, 7) is 1.83. The Labute approximate surface area is 102 Å². The van der Waals surface area contributed by atoms with E-state index in [-0.39, 0.29) is 5.97 Å². The van der Waals surface area contributed by atoms with Crippen LogP contribution in [0, 0.1) is 0 Å². The summed E-state index contributed by atoms with van der Waals surface area (Å²) >= 11 is 0. The highest BCUT2D eigenvalue weighted by atomic mass is 16.5. The molecule has 0 unspecified atom stereocenters. The van der Waals surface area contributed by atoms with Gasteiger partial charge in [-0.25, -0.2) is 0 Å². The lowest BCUT2D eigenvalue weighted by atomic mass is 10.3. The molecule has 1 fully saturated rings. The molecule has 94 valence electrons. The molecule has 0 aromatic carbocycles. The fraction of sp³-hybridized carbons (Fsp3) is 0.615. The second kappa shape index (κ2) is 5.87. The minimum Gasteiger partial charge on any atom is -0.469 e. The topological polar surface area (TPSA) is 43.3 Å². The van der Waals surface area contributed by atoms with Gasteiger partial charge in [0.1, 0.15) is 0 Å². The number of hydrogen-bond donors (Lipinski definition) is 1. The van der Waals surface area contributed by atoms with Gasteiger partial charge in [0, 0.05) is 37.9 Å². The number of aromatic nitrogens is 1. The van der Waals surface area contributed by atoms with Gasteiger partial charge in [-0.2, -0.15) is 0 Å². The number of carbonyl (C=O) groups excluding carboxylic acids is 1. The molecule has 0 bridgehead atoms. The smallest absolute Gasteiger partial charge is 0.305 e. The van der Waals surface area contributed by atoms with Crippen molar-refractivity contribution in [2.24, 2.45) is 0 Å². The van der Waals surface area contributed by atoms with Crippen LogP contribution < -0.4 is 5.32 Å². The molecule has 1 aromatic rings. The molecule has 2 rings (SSSR count). The minimum absolute atomic E-state index is 0.132. The fourth-order valence-corrected chi connectivity index (χ4v) is 1.79. The Morgan fingerprint density at radius 1 is 1.59 bits per heavy atom. The Hall–Kier alpha value is -1.29. The SMILES string of the molecule is COC(=O)CCCn1ccc(CNC2CC2)c1. The lowest BCUT2D eigenvalue weighted by Gasteiger charge is -2.02. The maximum atomic E-state index is 11.0. The first-order valence-corrected chi connectivity index (χ1v) is 6.23. The Bertz CT molecular complexity index is 369. The lowest BCUT2D eigenvalue weighted by Crippen LogP contribution is -2.14. The molecule has 1 saturated carbocycles. The van der Waals surface area contributed by atoms with E-state index in [1.54, 1.807) is 0 Å². The third kappa shape index (κ3) is 4.23. The molecule has 0 amide bonds. The van der Waals surface area contributed by atoms with Gasteiger partial charge < -0.3 is 14.6 Å². The largest absolute Gasteiger partial charge is 0.469 e. The molecule has 1 aromatic heterocycles. The van der Waals surface area contributed by atoms with E-state index in [0.29, 0.717) is 6.42 Å². The van der Waals surface area contributed by atoms with Crippen molar-refractivity contribution in [3.05, 3.63) is 24.0 Å². The molecule has 1 aliphatic rings. The standard InChI is InChI=1S/C13H20N2O2/c1-17-13(16)3-2-7-15-8-6-11(10-15)9-14-12-4-5-12/h6,8,10,12,14H,2-5,7,9H2,1H3. The van der Waals surface area contributed by atoms with Crippen molar-refractivity contribution in [1.29, 1.82) is 0 Å². The predicted molar refractivity (Wildman–Crippen MR) is 65.5 cm³/mol. The first kappa shape index (κ1) is 12.2. The quantitative estimate of drug-likeness (QED) is 0.733. The molecule has 17 heavy (non-hydrogen) atoms. The van der Waals surface area contributed by atoms with Crippen molar-refractivity contribution in [1.82, 2.24) is 9.88 Å². The van der Waals surface area contributed by atoms with Gasteiger partial charge in [-0.3, -0.25) is 4.79 Å². The number of aryl methyl sites for hydroxylation is 1. The molecule has 0 aliphatic heterocycles. The minimum atomic E-state index is -0.132. The molecular formula is C13H20N2O2. The first-order valence-electron chi connectivity index (χ1n) is 6.23. The van der Waals surface area contributed by atoms with Gasteiger partial charge in [-0.05, 0) is 30.9 Å². The van der Waals surface area contributed by atoms with E-state index in [2.05, 4.69) is 33.1 Å². The van der Waals surface area contributed by atoms with Crippen molar-refractivity contribution in [3.63, 3.8) is 0 Å². The first-order chi connectivity index (χ1) is 8.28. The summed E-state index contributed by atoms with van der Waals surface area (Å²) in [5, 5.41) is 3.48. The van der Waals surface area contributed by atoms with Crippen LogP contribution in [-0.4, -0.2) is 23.7 Å². The molecule has 0 radical (unpaired) electrons. The van der Waals surface area contributed by atoms with Gasteiger partial charge in [0.25, 0.3) is 0 Å². The zero-order valence-corrected chi connectivity index (χ0v) is 10.3. The Morgan fingerprint density at radius 2 is 2.41 bits per heavy atom. The van der Waals surface area contributed by atoms with Crippen molar-refractivity contribution in [3.8, 4) is 0 Å². The van der Waals surface area contributed by atoms with Crippen LogP contribution in [0.3, 0.4) is 0 Å². The lowest BCUT2D eigenvalue weighted by molar-refractivity contribution is -0.140. The van der Waals surface area contributed by atoms with E-state index in [1.807, 2.05) is 0 Å². The van der Waals surface area contributed by atoms with Gasteiger partial charge in [0.2, 0.25) is 0 Å². The number of esters is 1. The highest BCUT2D eigenvalue weighted by Gasteiger charge is 2.19. The maximum absolute atomic E-state index is 11.0. The van der Waals surface area contributed by atoms with Crippen LogP contribution in [0.1, 0.15) is 31.2 Å². The van der Waals surface area contributed by atoms with Crippen LogP contribution in [-0.2, 0) is 22.6 Å². The second-order valence-corrected chi connectivity index (χ2v) is 4.59. The van der Waals surface area contributed by atoms with E-state index in [0.717, 1.165) is 25.6 Å². The van der Waals surface area contributed by atoms with E-state index in [9.17, 15) is 4.79 Å². The summed E-state index contributed by atoms with van der Waals surface area (Å²) in [6, 6.07) is 2.88. The van der Waals surface area contributed by atoms with Gasteiger partial charge >= 0.3 is 5.97 Å². The van der Waals surface area contributed by atoms with Crippen molar-refractivity contribution < 1.29 is 9.53 Å². The highest BCUT2D eigenvalue weighted by Crippen LogP contribution is 2.19. The van der Waals surface area contributed by atoms with Crippen LogP contribution in [0.15, 0.2) is 18.5 Å². The molecule has 1 N–H and O–H groups in total. The summed E-state index contributed by atoms with van der Waals surface area (Å²) < 4.78 is 6.74. The molecule has 4 heteroatoms. The summed E-state index contributed by atoms with van der Waals surface area (Å²) in [5.74, 6) is -0.132. The van der Waals surface area contributed by atoms with Crippen LogP contribution in [0.2, 0.25) is 0 Å². The molecule has 0 saturated heterocycles. The number of methoxy groups -OCH3 is 1. The maximum Gasteiger partial charge on any atom is 0.305 e. The van der Waals surface area contributed by atoms with Crippen molar-refractivity contribution in [2.75, 3.05) is 7.11 Å². The third-order valence-electron chi connectivity index (χ3n) is 3.01.